The van der Waals surface area contributed by atoms with Gasteiger partial charge in [-0.15, -0.1) is 0 Å². The predicted octanol–water partition coefficient (Wildman–Crippen LogP) is -1.39. The summed E-state index contributed by atoms with van der Waals surface area (Å²) in [5.74, 6) is -0.365. The number of nitrogens with two attached hydrogens (primary N) is 2. The maximum absolute atomic E-state index is 11.7. The number of nitrogens with one attached hydrogen (secondary N) is 2. The number of rotatable bonds is 8. The standard InChI is InChI=1S/C12H24N4O2Se2/c13-5-2-1-3-10(14)12(18)15-7-11(17)16-9-4-6-19-20-8-9/h9-10H,1-8,13-14H2,(H,15,18)(H,16,17)/t9-,10-/m0/s1. The molecular weight excluding hydrogens is 390 g/mol. The number of carbonyl (C=O) groups is 2. The van der Waals surface area contributed by atoms with Crippen LogP contribution in [0.1, 0.15) is 25.7 Å². The normalized spacial score (nSPS) is 20.2. The first-order valence-electron chi connectivity index (χ1n) is 6.90. The quantitative estimate of drug-likeness (QED) is 0.290. The van der Waals surface area contributed by atoms with Crippen molar-refractivity contribution in [2.45, 2.75) is 48.4 Å². The van der Waals surface area contributed by atoms with E-state index in [0.29, 0.717) is 19.0 Å². The fraction of sp³-hybridized carbons (Fsp3) is 0.833. The second-order valence-corrected chi connectivity index (χ2v) is 12.5. The predicted molar refractivity (Wildman–Crippen MR) is 81.6 cm³/mol. The molecule has 0 aromatic rings. The van der Waals surface area contributed by atoms with Crippen LogP contribution in [0.5, 0.6) is 0 Å². The SMILES string of the molecule is NCCCC[C@H](N)C(=O)NCC(=O)N[C@H]1CC[Se][Se]C1. The van der Waals surface area contributed by atoms with Crippen LogP contribution in [0.4, 0.5) is 0 Å². The van der Waals surface area contributed by atoms with Crippen molar-refractivity contribution in [1.82, 2.24) is 10.6 Å². The van der Waals surface area contributed by atoms with Gasteiger partial charge in [0.25, 0.3) is 0 Å². The molecule has 8 heteroatoms. The molecule has 0 unspecified atom stereocenters. The van der Waals surface area contributed by atoms with Crippen molar-refractivity contribution in [2.75, 3.05) is 13.1 Å². The van der Waals surface area contributed by atoms with Crippen molar-refractivity contribution in [2.24, 2.45) is 11.5 Å². The minimum absolute atomic E-state index is 0.0259. The first kappa shape index (κ1) is 17.9. The molecule has 1 aliphatic heterocycles. The molecule has 0 bridgehead atoms. The van der Waals surface area contributed by atoms with Crippen molar-refractivity contribution in [3.63, 3.8) is 0 Å². The van der Waals surface area contributed by atoms with E-state index in [1.165, 1.54) is 5.32 Å². The van der Waals surface area contributed by atoms with E-state index in [-0.39, 0.29) is 18.4 Å². The molecule has 1 heterocycles. The average molecular weight is 414 g/mol. The summed E-state index contributed by atoms with van der Waals surface area (Å²) in [6.45, 7) is 0.638. The Morgan fingerprint density at radius 3 is 2.75 bits per heavy atom. The number of unbranched alkanes of at least 4 members (excludes halogenated alkanes) is 1. The molecule has 116 valence electrons. The van der Waals surface area contributed by atoms with E-state index in [9.17, 15) is 9.59 Å². The van der Waals surface area contributed by atoms with Gasteiger partial charge < -0.3 is 5.73 Å². The molecule has 1 fully saturated rings. The van der Waals surface area contributed by atoms with E-state index in [2.05, 4.69) is 10.6 Å². The Kier molecular flexibility index (Phi) is 9.51. The van der Waals surface area contributed by atoms with Gasteiger partial charge in [-0.25, -0.2) is 0 Å². The third-order valence-electron chi connectivity index (χ3n) is 3.00. The Balaban J connectivity index is 2.14. The number of amides is 2. The molecule has 0 aliphatic carbocycles. The van der Waals surface area contributed by atoms with Crippen LogP contribution in [0.25, 0.3) is 0 Å². The van der Waals surface area contributed by atoms with Gasteiger partial charge in [0.15, 0.2) is 0 Å². The summed E-state index contributed by atoms with van der Waals surface area (Å²) in [5, 5.41) is 7.97. The fourth-order valence-corrected chi connectivity index (χ4v) is 9.08. The van der Waals surface area contributed by atoms with Crippen LogP contribution in [-0.2, 0) is 9.59 Å². The molecule has 6 N–H and O–H groups in total. The van der Waals surface area contributed by atoms with Gasteiger partial charge in [-0.1, -0.05) is 0 Å². The second kappa shape index (κ2) is 10.6. The molecule has 6 nitrogen and oxygen atoms in total. The van der Waals surface area contributed by atoms with E-state index in [4.69, 9.17) is 11.5 Å². The minimum atomic E-state index is -0.546. The van der Waals surface area contributed by atoms with E-state index in [1.54, 1.807) is 0 Å². The Hall–Kier alpha value is -0.101. The van der Waals surface area contributed by atoms with Crippen molar-refractivity contribution < 1.29 is 9.59 Å². The number of hydrogen-bond donors (Lipinski definition) is 4. The molecule has 0 radical (unpaired) electrons. The first-order chi connectivity index (χ1) is 9.63. The monoisotopic (exact) mass is 416 g/mol. The molecule has 2 atom stereocenters. The molecule has 1 aliphatic rings. The van der Waals surface area contributed by atoms with Crippen LogP contribution >= 0.6 is 0 Å². The van der Waals surface area contributed by atoms with Crippen LogP contribution in [0.2, 0.25) is 10.6 Å². The van der Waals surface area contributed by atoms with E-state index in [0.717, 1.165) is 50.8 Å². The molecule has 0 spiro atoms. The van der Waals surface area contributed by atoms with E-state index >= 15 is 0 Å². The van der Waals surface area contributed by atoms with Gasteiger partial charge >= 0.3 is 126 Å². The van der Waals surface area contributed by atoms with Gasteiger partial charge in [-0.05, 0) is 0 Å². The van der Waals surface area contributed by atoms with Gasteiger partial charge in [0, 0.05) is 0 Å². The summed E-state index contributed by atoms with van der Waals surface area (Å²) in [5.41, 5.74) is 11.1. The van der Waals surface area contributed by atoms with Gasteiger partial charge in [-0.2, -0.15) is 0 Å². The zero-order chi connectivity index (χ0) is 14.8. The van der Waals surface area contributed by atoms with Gasteiger partial charge in [-0.3, -0.25) is 0 Å². The van der Waals surface area contributed by atoms with Crippen LogP contribution in [0.15, 0.2) is 0 Å². The topological polar surface area (TPSA) is 110 Å². The molecule has 0 aromatic carbocycles. The number of carbonyl (C=O) groups excluding carboxylic acids is 2. The third kappa shape index (κ3) is 7.62. The van der Waals surface area contributed by atoms with Crippen LogP contribution in [0.3, 0.4) is 0 Å². The zero-order valence-electron chi connectivity index (χ0n) is 11.6. The van der Waals surface area contributed by atoms with Gasteiger partial charge in [0.2, 0.25) is 0 Å². The second-order valence-electron chi connectivity index (χ2n) is 4.77. The number of hydrogen-bond acceptors (Lipinski definition) is 4. The molecule has 0 saturated carbocycles. The average Bonchev–Trinajstić information content (AvgIpc) is 2.46. The summed E-state index contributed by atoms with van der Waals surface area (Å²) in [7, 11) is 0. The first-order valence-corrected chi connectivity index (χ1v) is 13.7. The molecule has 0 aromatic heterocycles. The molecule has 2 amide bonds. The summed E-state index contributed by atoms with van der Waals surface area (Å²) < 4.78 is 0. The third-order valence-corrected chi connectivity index (χ3v) is 10.4. The molecule has 1 saturated heterocycles. The van der Waals surface area contributed by atoms with Crippen molar-refractivity contribution in [3.8, 4) is 0 Å². The molecule has 20 heavy (non-hydrogen) atoms. The Labute approximate surface area is 131 Å². The summed E-state index contributed by atoms with van der Waals surface area (Å²) in [4.78, 5) is 23.4. The Bertz CT molecular complexity index is 312. The van der Waals surface area contributed by atoms with Gasteiger partial charge in [0.1, 0.15) is 0 Å². The summed E-state index contributed by atoms with van der Waals surface area (Å²) >= 11 is 1.54. The molecular formula is C12H24N4O2Se2. The van der Waals surface area contributed by atoms with E-state index in [1.807, 2.05) is 0 Å². The van der Waals surface area contributed by atoms with Crippen molar-refractivity contribution >= 4 is 38.1 Å². The zero-order valence-corrected chi connectivity index (χ0v) is 15.0. The van der Waals surface area contributed by atoms with Crippen LogP contribution < -0.4 is 22.1 Å². The van der Waals surface area contributed by atoms with Crippen molar-refractivity contribution in [3.05, 3.63) is 0 Å². The summed E-state index contributed by atoms with van der Waals surface area (Å²) in [6.07, 6.45) is 3.40. The van der Waals surface area contributed by atoms with Crippen molar-refractivity contribution in [1.29, 1.82) is 0 Å². The van der Waals surface area contributed by atoms with E-state index < -0.39 is 6.04 Å². The fourth-order valence-electron chi connectivity index (χ4n) is 1.79. The maximum atomic E-state index is 11.7. The Morgan fingerprint density at radius 2 is 2.10 bits per heavy atom. The van der Waals surface area contributed by atoms with Crippen LogP contribution in [0, 0.1) is 0 Å². The Morgan fingerprint density at radius 1 is 1.30 bits per heavy atom. The molecule has 1 rings (SSSR count). The summed E-state index contributed by atoms with van der Waals surface area (Å²) in [6, 6.07) is -0.233. The van der Waals surface area contributed by atoms with Gasteiger partial charge in [0.05, 0.1) is 0 Å². The van der Waals surface area contributed by atoms with Crippen LogP contribution in [-0.4, -0.2) is 63.3 Å².